The summed E-state index contributed by atoms with van der Waals surface area (Å²) in [5.74, 6) is 0.165. The molecule has 1 saturated carbocycles. The zero-order valence-corrected chi connectivity index (χ0v) is 16.8. The Hall–Kier alpha value is -2.08. The van der Waals surface area contributed by atoms with E-state index in [1.807, 2.05) is 4.57 Å². The van der Waals surface area contributed by atoms with Crippen molar-refractivity contribution in [2.75, 3.05) is 26.3 Å². The van der Waals surface area contributed by atoms with Crippen LogP contribution in [0.25, 0.3) is 0 Å². The molecule has 1 aliphatic heterocycles. The summed E-state index contributed by atoms with van der Waals surface area (Å²) in [5, 5.41) is 9.70. The van der Waals surface area contributed by atoms with Crippen LogP contribution >= 0.6 is 12.2 Å². The number of nitrogens with one attached hydrogen (secondary N) is 2. The number of ether oxygens (including phenoxy) is 1. The smallest absolute Gasteiger partial charge is 0.253 e. The van der Waals surface area contributed by atoms with E-state index in [9.17, 15) is 13.2 Å². The lowest BCUT2D eigenvalue weighted by Crippen LogP contribution is -2.41. The molecule has 0 atom stereocenters. The molecule has 2 aliphatic rings. The predicted molar refractivity (Wildman–Crippen MR) is 103 cm³/mol. The maximum Gasteiger partial charge on any atom is 0.253 e. The maximum atomic E-state index is 13.0. The van der Waals surface area contributed by atoms with Gasteiger partial charge in [-0.3, -0.25) is 14.5 Å². The Bertz CT molecular complexity index is 1040. The number of H-pyrrole nitrogens is 1. The quantitative estimate of drug-likeness (QED) is 0.677. The Kier molecular flexibility index (Phi) is 5.32. The van der Waals surface area contributed by atoms with Crippen molar-refractivity contribution in [3.05, 3.63) is 40.4 Å². The van der Waals surface area contributed by atoms with Crippen molar-refractivity contribution >= 4 is 28.1 Å². The first-order valence-electron chi connectivity index (χ1n) is 9.09. The third-order valence-electron chi connectivity index (χ3n) is 4.82. The normalized spacial score (nSPS) is 18.1. The van der Waals surface area contributed by atoms with E-state index in [2.05, 4.69) is 15.5 Å². The van der Waals surface area contributed by atoms with Gasteiger partial charge in [0.05, 0.1) is 30.2 Å². The summed E-state index contributed by atoms with van der Waals surface area (Å²) in [5.41, 5.74) is 0.112. The number of hydrogen-bond donors (Lipinski definition) is 2. The average Bonchev–Trinajstić information content (AvgIpc) is 3.49. The van der Waals surface area contributed by atoms with E-state index in [0.717, 1.165) is 12.8 Å². The van der Waals surface area contributed by atoms with Crippen LogP contribution in [-0.4, -0.2) is 59.7 Å². The Balaban J connectivity index is 1.55. The number of aromatic nitrogens is 3. The summed E-state index contributed by atoms with van der Waals surface area (Å²) in [6, 6.07) is 6.56. The van der Waals surface area contributed by atoms with Crippen LogP contribution in [0.4, 0.5) is 0 Å². The number of aromatic amines is 1. The van der Waals surface area contributed by atoms with Gasteiger partial charge in [-0.15, -0.1) is 0 Å². The van der Waals surface area contributed by atoms with E-state index in [1.165, 1.54) is 16.4 Å². The molecule has 2 heterocycles. The second-order valence-corrected chi connectivity index (χ2v) is 9.03. The third-order valence-corrected chi connectivity index (χ3v) is 7.06. The predicted octanol–water partition coefficient (Wildman–Crippen LogP) is 1.23. The molecule has 2 N–H and O–H groups in total. The molecule has 0 bridgehead atoms. The van der Waals surface area contributed by atoms with Gasteiger partial charge in [0.1, 0.15) is 0 Å². The van der Waals surface area contributed by atoms with Crippen LogP contribution in [0.2, 0.25) is 0 Å². The molecular formula is C17H21N5O4S2. The molecule has 0 spiro atoms. The van der Waals surface area contributed by atoms with Crippen molar-refractivity contribution < 1.29 is 17.9 Å². The van der Waals surface area contributed by atoms with Crippen molar-refractivity contribution in [3.8, 4) is 0 Å². The highest BCUT2D eigenvalue weighted by molar-refractivity contribution is 7.89. The molecule has 28 heavy (non-hydrogen) atoms. The fourth-order valence-electron chi connectivity index (χ4n) is 3.23. The van der Waals surface area contributed by atoms with Crippen LogP contribution in [0.15, 0.2) is 29.2 Å². The summed E-state index contributed by atoms with van der Waals surface area (Å²) < 4.78 is 35.0. The van der Waals surface area contributed by atoms with E-state index in [-0.39, 0.29) is 30.1 Å². The van der Waals surface area contributed by atoms with Crippen molar-refractivity contribution in [3.63, 3.8) is 0 Å². The molecule has 1 amide bonds. The SMILES string of the molecule is O=C(NCc1n[nH]c(=S)n1C1CC1)c1ccccc1S(=O)(=O)N1CCOCC1. The number of nitrogens with zero attached hydrogens (tertiary/aromatic N) is 3. The van der Waals surface area contributed by atoms with Crippen LogP contribution < -0.4 is 5.32 Å². The van der Waals surface area contributed by atoms with E-state index in [0.29, 0.717) is 29.9 Å². The van der Waals surface area contributed by atoms with Crippen LogP contribution in [0.3, 0.4) is 0 Å². The molecule has 9 nitrogen and oxygen atoms in total. The van der Waals surface area contributed by atoms with E-state index in [4.69, 9.17) is 17.0 Å². The van der Waals surface area contributed by atoms with E-state index < -0.39 is 15.9 Å². The van der Waals surface area contributed by atoms with Crippen molar-refractivity contribution in [1.82, 2.24) is 24.4 Å². The van der Waals surface area contributed by atoms with Gasteiger partial charge >= 0.3 is 0 Å². The fourth-order valence-corrected chi connectivity index (χ4v) is 5.13. The highest BCUT2D eigenvalue weighted by Gasteiger charge is 2.31. The molecule has 1 aromatic heterocycles. The van der Waals surface area contributed by atoms with Crippen LogP contribution in [0, 0.1) is 4.77 Å². The minimum atomic E-state index is -3.78. The second kappa shape index (κ2) is 7.74. The number of morpholine rings is 1. The van der Waals surface area contributed by atoms with Gasteiger partial charge in [-0.1, -0.05) is 12.1 Å². The van der Waals surface area contributed by atoms with Gasteiger partial charge < -0.3 is 10.1 Å². The largest absolute Gasteiger partial charge is 0.379 e. The summed E-state index contributed by atoms with van der Waals surface area (Å²) >= 11 is 5.24. The molecule has 0 radical (unpaired) electrons. The first-order chi connectivity index (χ1) is 13.5. The Morgan fingerprint density at radius 2 is 2.00 bits per heavy atom. The molecule has 1 saturated heterocycles. The first kappa shape index (κ1) is 19.2. The van der Waals surface area contributed by atoms with Gasteiger partial charge in [0.2, 0.25) is 10.0 Å². The van der Waals surface area contributed by atoms with Gasteiger partial charge in [0.25, 0.3) is 5.91 Å². The van der Waals surface area contributed by atoms with Crippen LogP contribution in [0.5, 0.6) is 0 Å². The molecular weight excluding hydrogens is 402 g/mol. The number of amides is 1. The molecule has 0 unspecified atom stereocenters. The second-order valence-electron chi connectivity index (χ2n) is 6.74. The Morgan fingerprint density at radius 3 is 2.71 bits per heavy atom. The average molecular weight is 424 g/mol. The monoisotopic (exact) mass is 423 g/mol. The Labute approximate surface area is 167 Å². The van der Waals surface area contributed by atoms with Gasteiger partial charge in [-0.25, -0.2) is 8.42 Å². The summed E-state index contributed by atoms with van der Waals surface area (Å²) in [4.78, 5) is 12.8. The highest BCUT2D eigenvalue weighted by atomic mass is 32.2. The van der Waals surface area contributed by atoms with Crippen molar-refractivity contribution in [2.45, 2.75) is 30.3 Å². The van der Waals surface area contributed by atoms with Gasteiger partial charge in [0.15, 0.2) is 10.6 Å². The lowest BCUT2D eigenvalue weighted by Gasteiger charge is -2.26. The number of sulfonamides is 1. The van der Waals surface area contributed by atoms with Crippen molar-refractivity contribution in [1.29, 1.82) is 0 Å². The zero-order valence-electron chi connectivity index (χ0n) is 15.1. The van der Waals surface area contributed by atoms with Crippen molar-refractivity contribution in [2.24, 2.45) is 0 Å². The summed E-state index contributed by atoms with van der Waals surface area (Å²) in [6.07, 6.45) is 2.07. The summed E-state index contributed by atoms with van der Waals surface area (Å²) in [6.45, 7) is 1.40. The van der Waals surface area contributed by atoms with Crippen LogP contribution in [0.1, 0.15) is 35.1 Å². The third kappa shape index (κ3) is 3.75. The number of carbonyl (C=O) groups is 1. The standard InChI is InChI=1S/C17H21N5O4S2/c23-16(18-11-15-19-20-17(27)22(15)12-5-6-12)13-3-1-2-4-14(13)28(24,25)21-7-9-26-10-8-21/h1-4,12H,5-11H2,(H,18,23)(H,20,27). The molecule has 2 aromatic rings. The topological polar surface area (TPSA) is 109 Å². The minimum absolute atomic E-state index is 0.00421. The highest BCUT2D eigenvalue weighted by Crippen LogP contribution is 2.35. The lowest BCUT2D eigenvalue weighted by molar-refractivity contribution is 0.0729. The van der Waals surface area contributed by atoms with Gasteiger partial charge in [0, 0.05) is 19.1 Å². The van der Waals surface area contributed by atoms with Gasteiger partial charge in [-0.2, -0.15) is 9.40 Å². The fraction of sp³-hybridized carbons (Fsp3) is 0.471. The summed E-state index contributed by atoms with van der Waals surface area (Å²) in [7, 11) is -3.78. The maximum absolute atomic E-state index is 13.0. The Morgan fingerprint density at radius 1 is 1.29 bits per heavy atom. The lowest BCUT2D eigenvalue weighted by atomic mass is 10.2. The zero-order chi connectivity index (χ0) is 19.7. The number of rotatable bonds is 6. The number of hydrogen-bond acceptors (Lipinski definition) is 6. The number of benzene rings is 1. The van der Waals surface area contributed by atoms with Gasteiger partial charge in [-0.05, 0) is 37.2 Å². The van der Waals surface area contributed by atoms with E-state index >= 15 is 0 Å². The molecule has 1 aliphatic carbocycles. The minimum Gasteiger partial charge on any atom is -0.379 e. The molecule has 2 fully saturated rings. The molecule has 1 aromatic carbocycles. The first-order valence-corrected chi connectivity index (χ1v) is 10.9. The molecule has 150 valence electrons. The van der Waals surface area contributed by atoms with Crippen LogP contribution in [-0.2, 0) is 21.3 Å². The number of carbonyl (C=O) groups excluding carboxylic acids is 1. The van der Waals surface area contributed by atoms with E-state index in [1.54, 1.807) is 12.1 Å². The molecule has 11 heteroatoms. The molecule has 4 rings (SSSR count).